The van der Waals surface area contributed by atoms with Gasteiger partial charge in [-0.25, -0.2) is 0 Å². The molecule has 6 aromatic carbocycles. The Balaban J connectivity index is 0.000000461. The number of para-hydroxylation sites is 6. The van der Waals surface area contributed by atoms with Crippen molar-refractivity contribution in [1.29, 1.82) is 0 Å². The molecule has 0 heterocycles. The van der Waals surface area contributed by atoms with Crippen LogP contribution in [0.2, 0.25) is 26.2 Å². The van der Waals surface area contributed by atoms with Gasteiger partial charge in [0, 0.05) is 51.7 Å². The molecule has 0 bridgehead atoms. The van der Waals surface area contributed by atoms with Crippen molar-refractivity contribution in [2.24, 2.45) is 0 Å². The molecule has 0 atom stereocenters. The summed E-state index contributed by atoms with van der Waals surface area (Å²) in [5.41, 5.74) is 3.07. The standard InChI is InChI=1S/2C18H15O3P.2C7H10Si.2CO.2Fe/c2*1-4-10-16(11-5-1)19-22(20-17-12-6-2-7-13-17)21-18-14-8-3-9-15-18;2*1-8(2)7-5-3-4-6-7;2*1-2;;/h2*1-15H;2*3-6H,1-2H3;;;;. The van der Waals surface area contributed by atoms with Crippen molar-refractivity contribution < 1.29 is 70.6 Å². The topological polar surface area (TPSA) is 95.2 Å². The molecular weight excluding hydrogens is 982 g/mol. The zero-order valence-corrected chi connectivity index (χ0v) is 42.8. The Morgan fingerprint density at radius 1 is 0.303 bits per heavy atom. The van der Waals surface area contributed by atoms with Gasteiger partial charge in [0.15, 0.2) is 0 Å². The maximum Gasteiger partial charge on any atom is 0.530 e. The molecule has 2 saturated carbocycles. The van der Waals surface area contributed by atoms with Gasteiger partial charge in [0.25, 0.3) is 0 Å². The van der Waals surface area contributed by atoms with Crippen LogP contribution in [0, 0.1) is 75.7 Å². The monoisotopic (exact) mass is 1030 g/mol. The van der Waals surface area contributed by atoms with Crippen LogP contribution in [0.15, 0.2) is 182 Å². The molecule has 0 spiro atoms. The third kappa shape index (κ3) is 25.7. The summed E-state index contributed by atoms with van der Waals surface area (Å²) < 4.78 is 50.1. The molecule has 2 aliphatic rings. The van der Waals surface area contributed by atoms with Crippen molar-refractivity contribution in [3.8, 4) is 34.5 Å². The second-order valence-electron chi connectivity index (χ2n) is 13.2. The summed E-state index contributed by atoms with van der Waals surface area (Å²) in [6, 6.07) is 57.0. The van der Waals surface area contributed by atoms with Crippen LogP contribution in [0.25, 0.3) is 0 Å². The van der Waals surface area contributed by atoms with E-state index in [1.54, 1.807) is 0 Å². The van der Waals surface area contributed by atoms with Crippen LogP contribution in [-0.4, -0.2) is 17.6 Å². The van der Waals surface area contributed by atoms with Crippen molar-refractivity contribution in [3.63, 3.8) is 0 Å². The summed E-state index contributed by atoms with van der Waals surface area (Å²) in [4.78, 5) is 0. The minimum Gasteiger partial charge on any atom is -0.409 e. The molecule has 0 amide bonds. The van der Waals surface area contributed by atoms with Gasteiger partial charge < -0.3 is 27.1 Å². The Morgan fingerprint density at radius 2 is 0.455 bits per heavy atom. The first-order chi connectivity index (χ1) is 31.4. The fourth-order valence-electron chi connectivity index (χ4n) is 4.93. The third-order valence-electron chi connectivity index (χ3n) is 8.02. The summed E-state index contributed by atoms with van der Waals surface area (Å²) in [6.07, 6.45) is 17.2. The predicted molar refractivity (Wildman–Crippen MR) is 260 cm³/mol. The van der Waals surface area contributed by atoms with Gasteiger partial charge >= 0.3 is 39.8 Å². The van der Waals surface area contributed by atoms with Gasteiger partial charge in [-0.2, -0.15) is 0 Å². The van der Waals surface area contributed by atoms with E-state index in [2.05, 4.69) is 90.9 Å². The SMILES string of the molecule is C[Si](C)[C]1[CH][CH][CH][CH]1.C[Si](C)[C]1[CH][CH][CH][CH]1.[C-]#[O+].[C-]#[O+].[Fe].[Fe].c1ccc(OP(Oc2ccccc2)Oc2ccccc2)cc1.c1ccc(OP(Oc2ccccc2)Oc2ccccc2)cc1. The molecule has 0 saturated heterocycles. The zero-order valence-electron chi connectivity index (χ0n) is 36.8. The minimum atomic E-state index is -1.59. The normalized spacial score (nSPS) is 12.4. The summed E-state index contributed by atoms with van der Waals surface area (Å²) in [7, 11) is -3.52. The second-order valence-corrected chi connectivity index (χ2v) is 20.4. The average Bonchev–Trinajstić information content (AvgIpc) is 4.11. The Hall–Kier alpha value is -4.07. The first-order valence-corrected chi connectivity index (χ1v) is 27.0. The first kappa shape index (κ1) is 59.9. The molecule has 6 aromatic rings. The molecule has 12 radical (unpaired) electrons. The van der Waals surface area contributed by atoms with Crippen molar-refractivity contribution >= 4 is 34.8 Å². The van der Waals surface area contributed by atoms with Crippen molar-refractivity contribution in [1.82, 2.24) is 0 Å². The minimum absolute atomic E-state index is 0. The van der Waals surface area contributed by atoms with Crippen LogP contribution in [0.3, 0.4) is 0 Å². The zero-order chi connectivity index (χ0) is 46.0. The van der Waals surface area contributed by atoms with Gasteiger partial charge in [0.2, 0.25) is 0 Å². The van der Waals surface area contributed by atoms with E-state index in [0.717, 1.165) is 0 Å². The van der Waals surface area contributed by atoms with Crippen LogP contribution in [-0.2, 0) is 43.4 Å². The molecule has 0 aliphatic heterocycles. The van der Waals surface area contributed by atoms with Crippen molar-refractivity contribution in [2.75, 3.05) is 0 Å². The van der Waals surface area contributed by atoms with E-state index in [1.165, 1.54) is 11.1 Å². The van der Waals surface area contributed by atoms with Gasteiger partial charge in [-0.15, -0.1) is 0 Å². The van der Waals surface area contributed by atoms with E-state index in [4.69, 9.17) is 36.4 Å². The Kier molecular flexibility index (Phi) is 34.5. The van der Waals surface area contributed by atoms with Crippen LogP contribution in [0.1, 0.15) is 0 Å². The van der Waals surface area contributed by atoms with Gasteiger partial charge in [0.1, 0.15) is 34.5 Å². The number of hydrogen-bond acceptors (Lipinski definition) is 6. The molecule has 66 heavy (non-hydrogen) atoms. The molecule has 2 aliphatic carbocycles. The fourth-order valence-corrected chi connectivity index (χ4v) is 8.64. The molecule has 14 heteroatoms. The van der Waals surface area contributed by atoms with Gasteiger partial charge in [0.05, 0.1) is 0 Å². The number of hydrogen-bond donors (Lipinski definition) is 0. The molecule has 0 aromatic heterocycles. The van der Waals surface area contributed by atoms with E-state index in [0.29, 0.717) is 34.5 Å². The first-order valence-electron chi connectivity index (χ1n) is 19.8. The van der Waals surface area contributed by atoms with E-state index < -0.39 is 17.2 Å². The summed E-state index contributed by atoms with van der Waals surface area (Å²) in [6.45, 7) is 18.2. The predicted octanol–water partition coefficient (Wildman–Crippen LogP) is 14.2. The molecule has 8 rings (SSSR count). The molecular formula is C52H50Fe2O8P2Si2. The summed E-state index contributed by atoms with van der Waals surface area (Å²) in [5, 5.41) is 0. The number of rotatable bonds is 14. The largest absolute Gasteiger partial charge is 0.530 e. The quantitative estimate of drug-likeness (QED) is 0.0467. The molecule has 340 valence electrons. The van der Waals surface area contributed by atoms with Crippen LogP contribution in [0.4, 0.5) is 0 Å². The Bertz CT molecular complexity index is 1700. The Labute approximate surface area is 421 Å². The Morgan fingerprint density at radius 3 is 0.576 bits per heavy atom. The third-order valence-corrected chi connectivity index (χ3v) is 13.2. The van der Waals surface area contributed by atoms with Gasteiger partial charge in [-0.3, -0.25) is 0 Å². The molecule has 8 nitrogen and oxygen atoms in total. The van der Waals surface area contributed by atoms with Crippen LogP contribution >= 0.6 is 17.2 Å². The summed E-state index contributed by atoms with van der Waals surface area (Å²) in [5.74, 6) is 4.25. The van der Waals surface area contributed by atoms with Crippen molar-refractivity contribution in [2.45, 2.75) is 26.2 Å². The van der Waals surface area contributed by atoms with Gasteiger partial charge in [-0.1, -0.05) is 135 Å². The summed E-state index contributed by atoms with van der Waals surface area (Å²) >= 11 is 0. The van der Waals surface area contributed by atoms with E-state index in [9.17, 15) is 0 Å². The maximum atomic E-state index is 7.50. The smallest absolute Gasteiger partial charge is 0.409 e. The molecule has 0 N–H and O–H groups in total. The maximum absolute atomic E-state index is 7.50. The van der Waals surface area contributed by atoms with Crippen LogP contribution < -0.4 is 27.1 Å². The van der Waals surface area contributed by atoms with Gasteiger partial charge in [-0.05, 0) is 135 Å². The average molecular weight is 1030 g/mol. The van der Waals surface area contributed by atoms with E-state index >= 15 is 0 Å². The van der Waals surface area contributed by atoms with E-state index in [1.807, 2.05) is 182 Å². The second kappa shape index (κ2) is 38.0. The molecule has 0 unspecified atom stereocenters. The van der Waals surface area contributed by atoms with E-state index in [-0.39, 0.29) is 51.7 Å². The van der Waals surface area contributed by atoms with Crippen molar-refractivity contribution in [3.05, 3.63) is 258 Å². The molecule has 2 fully saturated rings. The van der Waals surface area contributed by atoms with Crippen LogP contribution in [0.5, 0.6) is 34.5 Å². The number of benzene rings is 6. The fraction of sp³-hybridized carbons (Fsp3) is 0.0769.